The van der Waals surface area contributed by atoms with Gasteiger partial charge in [0.25, 0.3) is 0 Å². The van der Waals surface area contributed by atoms with E-state index in [0.717, 1.165) is 18.7 Å². The lowest BCUT2D eigenvalue weighted by Crippen LogP contribution is -2.43. The van der Waals surface area contributed by atoms with Crippen molar-refractivity contribution in [2.24, 2.45) is 0 Å². The minimum absolute atomic E-state index is 0.104. The van der Waals surface area contributed by atoms with Crippen molar-refractivity contribution >= 4 is 10.0 Å². The van der Waals surface area contributed by atoms with E-state index in [1.807, 2.05) is 12.1 Å². The summed E-state index contributed by atoms with van der Waals surface area (Å²) < 4.78 is 44.2. The lowest BCUT2D eigenvalue weighted by molar-refractivity contribution is 0.0171. The SMILES string of the molecule is O=S(=O)(NC[C@@H](c1cccnc1)N1CCOCC1)c1ccc2c(c1)OCO2. The summed E-state index contributed by atoms with van der Waals surface area (Å²) in [6, 6.07) is 8.31. The number of ether oxygens (including phenoxy) is 3. The molecule has 1 atom stereocenters. The number of nitrogens with one attached hydrogen (secondary N) is 1. The molecule has 0 aliphatic carbocycles. The van der Waals surface area contributed by atoms with E-state index in [4.69, 9.17) is 14.2 Å². The topological polar surface area (TPSA) is 90.0 Å². The Balaban J connectivity index is 1.52. The fourth-order valence-electron chi connectivity index (χ4n) is 3.24. The van der Waals surface area contributed by atoms with Crippen molar-refractivity contribution in [1.82, 2.24) is 14.6 Å². The summed E-state index contributed by atoms with van der Waals surface area (Å²) in [5.41, 5.74) is 0.966. The number of aromatic nitrogens is 1. The van der Waals surface area contributed by atoms with Gasteiger partial charge in [-0.05, 0) is 23.8 Å². The highest BCUT2D eigenvalue weighted by Crippen LogP contribution is 2.33. The van der Waals surface area contributed by atoms with Crippen LogP contribution in [0.2, 0.25) is 0 Å². The summed E-state index contributed by atoms with van der Waals surface area (Å²) >= 11 is 0. The third kappa shape index (κ3) is 4.06. The van der Waals surface area contributed by atoms with Crippen molar-refractivity contribution in [3.05, 3.63) is 48.3 Å². The molecule has 0 spiro atoms. The second kappa shape index (κ2) is 7.81. The van der Waals surface area contributed by atoms with E-state index in [1.54, 1.807) is 18.5 Å². The minimum Gasteiger partial charge on any atom is -0.454 e. The first kappa shape index (κ1) is 18.2. The Morgan fingerprint density at radius 1 is 1.15 bits per heavy atom. The van der Waals surface area contributed by atoms with Gasteiger partial charge in [0.15, 0.2) is 11.5 Å². The molecule has 0 unspecified atom stereocenters. The average Bonchev–Trinajstić information content (AvgIpc) is 3.18. The maximum Gasteiger partial charge on any atom is 0.240 e. The lowest BCUT2D eigenvalue weighted by atomic mass is 10.1. The van der Waals surface area contributed by atoms with Crippen LogP contribution in [0.1, 0.15) is 11.6 Å². The molecule has 27 heavy (non-hydrogen) atoms. The van der Waals surface area contributed by atoms with Crippen LogP contribution in [-0.2, 0) is 14.8 Å². The smallest absolute Gasteiger partial charge is 0.240 e. The van der Waals surface area contributed by atoms with Crippen LogP contribution < -0.4 is 14.2 Å². The molecule has 2 aliphatic heterocycles. The highest BCUT2D eigenvalue weighted by atomic mass is 32.2. The van der Waals surface area contributed by atoms with E-state index in [2.05, 4.69) is 14.6 Å². The van der Waals surface area contributed by atoms with Crippen molar-refractivity contribution < 1.29 is 22.6 Å². The van der Waals surface area contributed by atoms with Gasteiger partial charge in [0, 0.05) is 38.1 Å². The quantitative estimate of drug-likeness (QED) is 0.790. The Kier molecular flexibility index (Phi) is 5.26. The number of pyridine rings is 1. The van der Waals surface area contributed by atoms with Crippen LogP contribution in [0, 0.1) is 0 Å². The van der Waals surface area contributed by atoms with Crippen molar-refractivity contribution in [3.8, 4) is 11.5 Å². The van der Waals surface area contributed by atoms with Gasteiger partial charge in [-0.15, -0.1) is 0 Å². The maximum atomic E-state index is 12.8. The highest BCUT2D eigenvalue weighted by Gasteiger charge is 2.26. The van der Waals surface area contributed by atoms with Crippen LogP contribution in [0.4, 0.5) is 0 Å². The number of hydrogen-bond donors (Lipinski definition) is 1. The molecule has 0 bridgehead atoms. The summed E-state index contributed by atoms with van der Waals surface area (Å²) in [6.07, 6.45) is 3.48. The molecular weight excluding hydrogens is 370 g/mol. The molecule has 1 N–H and O–H groups in total. The van der Waals surface area contributed by atoms with Crippen molar-refractivity contribution in [3.63, 3.8) is 0 Å². The first-order valence-electron chi connectivity index (χ1n) is 8.74. The maximum absolute atomic E-state index is 12.8. The van der Waals surface area contributed by atoms with E-state index >= 15 is 0 Å². The second-order valence-corrected chi connectivity index (χ2v) is 8.08. The number of nitrogens with zero attached hydrogens (tertiary/aromatic N) is 2. The molecule has 1 saturated heterocycles. The van der Waals surface area contributed by atoms with Crippen LogP contribution in [0.25, 0.3) is 0 Å². The predicted molar refractivity (Wildman–Crippen MR) is 97.1 cm³/mol. The van der Waals surface area contributed by atoms with Crippen LogP contribution in [0.15, 0.2) is 47.6 Å². The Morgan fingerprint density at radius 3 is 2.74 bits per heavy atom. The third-order valence-electron chi connectivity index (χ3n) is 4.68. The van der Waals surface area contributed by atoms with Gasteiger partial charge >= 0.3 is 0 Å². The highest BCUT2D eigenvalue weighted by molar-refractivity contribution is 7.89. The van der Waals surface area contributed by atoms with Crippen LogP contribution in [0.3, 0.4) is 0 Å². The Morgan fingerprint density at radius 2 is 1.96 bits per heavy atom. The fraction of sp³-hybridized carbons (Fsp3) is 0.389. The normalized spacial score (nSPS) is 18.4. The molecular formula is C18H21N3O5S. The summed E-state index contributed by atoms with van der Waals surface area (Å²) in [5, 5.41) is 0. The van der Waals surface area contributed by atoms with Gasteiger partial charge in [0.1, 0.15) is 0 Å². The van der Waals surface area contributed by atoms with Gasteiger partial charge in [-0.1, -0.05) is 6.07 Å². The molecule has 1 aromatic heterocycles. The van der Waals surface area contributed by atoms with Crippen LogP contribution >= 0.6 is 0 Å². The number of rotatable bonds is 6. The van der Waals surface area contributed by atoms with Gasteiger partial charge in [-0.2, -0.15) is 0 Å². The first-order valence-corrected chi connectivity index (χ1v) is 10.2. The van der Waals surface area contributed by atoms with Crippen LogP contribution in [-0.4, -0.2) is 57.9 Å². The molecule has 4 rings (SSSR count). The van der Waals surface area contributed by atoms with E-state index in [-0.39, 0.29) is 24.3 Å². The van der Waals surface area contributed by atoms with Crippen molar-refractivity contribution in [1.29, 1.82) is 0 Å². The van der Waals surface area contributed by atoms with E-state index in [0.29, 0.717) is 24.7 Å². The van der Waals surface area contributed by atoms with Gasteiger partial charge in [0.05, 0.1) is 24.2 Å². The molecule has 0 saturated carbocycles. The van der Waals surface area contributed by atoms with E-state index < -0.39 is 10.0 Å². The van der Waals surface area contributed by atoms with Gasteiger partial charge in [0.2, 0.25) is 16.8 Å². The molecule has 2 aliphatic rings. The molecule has 2 aromatic rings. The number of hydrogen-bond acceptors (Lipinski definition) is 7. The Labute approximate surface area is 158 Å². The first-order chi connectivity index (χ1) is 13.1. The van der Waals surface area contributed by atoms with Crippen molar-refractivity contribution in [2.45, 2.75) is 10.9 Å². The van der Waals surface area contributed by atoms with Gasteiger partial charge < -0.3 is 14.2 Å². The van der Waals surface area contributed by atoms with E-state index in [1.165, 1.54) is 12.1 Å². The number of fused-ring (bicyclic) bond motifs is 1. The average molecular weight is 391 g/mol. The zero-order valence-corrected chi connectivity index (χ0v) is 15.5. The zero-order chi connectivity index (χ0) is 18.7. The molecule has 1 fully saturated rings. The number of sulfonamides is 1. The summed E-state index contributed by atoms with van der Waals surface area (Å²) in [4.78, 5) is 6.54. The lowest BCUT2D eigenvalue weighted by Gasteiger charge is -2.34. The molecule has 144 valence electrons. The number of morpholine rings is 1. The molecule has 0 amide bonds. The second-order valence-electron chi connectivity index (χ2n) is 6.32. The predicted octanol–water partition coefficient (Wildman–Crippen LogP) is 1.16. The molecule has 3 heterocycles. The Bertz CT molecular complexity index is 885. The molecule has 9 heteroatoms. The molecule has 1 aromatic carbocycles. The van der Waals surface area contributed by atoms with Gasteiger partial charge in [-0.25, -0.2) is 13.1 Å². The molecule has 8 nitrogen and oxygen atoms in total. The molecule has 0 radical (unpaired) electrons. The standard InChI is InChI=1S/C18H21N3O5S/c22-27(23,15-3-4-17-18(10-15)26-13-25-17)20-12-16(14-2-1-5-19-11-14)21-6-8-24-9-7-21/h1-5,10-11,16,20H,6-9,12-13H2/t16-/m0/s1. The monoisotopic (exact) mass is 391 g/mol. The summed E-state index contributed by atoms with van der Waals surface area (Å²) in [5.74, 6) is 0.991. The van der Waals surface area contributed by atoms with Crippen molar-refractivity contribution in [2.75, 3.05) is 39.6 Å². The van der Waals surface area contributed by atoms with Gasteiger partial charge in [-0.3, -0.25) is 9.88 Å². The fourth-order valence-corrected chi connectivity index (χ4v) is 4.29. The minimum atomic E-state index is -3.69. The largest absolute Gasteiger partial charge is 0.454 e. The third-order valence-corrected chi connectivity index (χ3v) is 6.10. The summed E-state index contributed by atoms with van der Waals surface area (Å²) in [7, 11) is -3.69. The van der Waals surface area contributed by atoms with Crippen LogP contribution in [0.5, 0.6) is 11.5 Å². The Hall–Kier alpha value is -2.20. The zero-order valence-electron chi connectivity index (χ0n) is 14.7. The number of benzene rings is 1. The van der Waals surface area contributed by atoms with E-state index in [9.17, 15) is 8.42 Å². The summed E-state index contributed by atoms with van der Waals surface area (Å²) in [6.45, 7) is 3.09.